The maximum atomic E-state index is 10.3. The summed E-state index contributed by atoms with van der Waals surface area (Å²) < 4.78 is 9.27. The van der Waals surface area contributed by atoms with Gasteiger partial charge in [-0.05, 0) is 21.8 Å². The molecule has 7 nitrogen and oxygen atoms in total. The second-order valence-electron chi connectivity index (χ2n) is 9.05. The Balaban J connectivity index is 0.000000210. The molecule has 0 bridgehead atoms. The summed E-state index contributed by atoms with van der Waals surface area (Å²) in [5, 5.41) is 16.0. The quantitative estimate of drug-likeness (QED) is 0.436. The van der Waals surface area contributed by atoms with Gasteiger partial charge < -0.3 is 25.2 Å². The number of aliphatic hydroxyl groups excluding tert-OH is 1. The van der Waals surface area contributed by atoms with E-state index in [0.717, 1.165) is 6.42 Å². The van der Waals surface area contributed by atoms with E-state index in [2.05, 4.69) is 84.7 Å². The maximum Gasteiger partial charge on any atom is 0.407 e. The Bertz CT molecular complexity index is 843. The van der Waals surface area contributed by atoms with Crippen LogP contribution in [0.1, 0.15) is 34.1 Å². The number of carbonyl (C=O) groups is 2. The van der Waals surface area contributed by atoms with Crippen LogP contribution in [0, 0.1) is 0 Å². The first kappa shape index (κ1) is 27.7. The number of hydrogen-bond acceptors (Lipinski definition) is 5. The average Bonchev–Trinajstić information content (AvgIpc) is 3.47. The number of cyclic esters (lactones) is 2. The van der Waals surface area contributed by atoms with Crippen molar-refractivity contribution in [2.45, 2.75) is 51.4 Å². The van der Waals surface area contributed by atoms with E-state index in [0.29, 0.717) is 13.1 Å². The topological polar surface area (TPSA) is 96.9 Å². The Hall–Kier alpha value is -2.55. The second kappa shape index (κ2) is 12.8. The van der Waals surface area contributed by atoms with Gasteiger partial charge in [-0.1, -0.05) is 88.4 Å². The van der Waals surface area contributed by atoms with Crippen molar-refractivity contribution in [3.8, 4) is 0 Å². The molecule has 2 aliphatic rings. The summed E-state index contributed by atoms with van der Waals surface area (Å²) in [5.74, 6) is 0. The summed E-state index contributed by atoms with van der Waals surface area (Å²) in [6, 6.07) is 21.1. The number of ether oxygens (including phenoxy) is 2. The number of halogens is 1. The number of aliphatic hydroxyl groups is 1. The SMILES string of the molecule is CC(C)(C)[Si](Cl)(c1ccccc1)c1ccccc1.CC[C@@H]1CNC(=O)O1.O=C1NC[C@@H](CO)O1. The third-order valence-electron chi connectivity index (χ3n) is 5.53. The zero-order valence-electron chi connectivity index (χ0n) is 20.2. The zero-order chi connectivity index (χ0) is 25.2. The van der Waals surface area contributed by atoms with Gasteiger partial charge in [0, 0.05) is 0 Å². The maximum absolute atomic E-state index is 10.3. The van der Waals surface area contributed by atoms with Gasteiger partial charge >= 0.3 is 12.2 Å². The summed E-state index contributed by atoms with van der Waals surface area (Å²) in [4.78, 5) is 20.4. The van der Waals surface area contributed by atoms with Gasteiger partial charge in [0.15, 0.2) is 0 Å². The van der Waals surface area contributed by atoms with E-state index in [-0.39, 0.29) is 29.9 Å². The normalized spacial score (nSPS) is 19.4. The van der Waals surface area contributed by atoms with Gasteiger partial charge in [-0.15, -0.1) is 0 Å². The van der Waals surface area contributed by atoms with Crippen molar-refractivity contribution in [3.63, 3.8) is 0 Å². The van der Waals surface area contributed by atoms with Crippen LogP contribution in [0.2, 0.25) is 5.04 Å². The molecule has 34 heavy (non-hydrogen) atoms. The first-order valence-electron chi connectivity index (χ1n) is 11.4. The fourth-order valence-corrected chi connectivity index (χ4v) is 7.69. The number of amides is 2. The molecule has 0 aromatic heterocycles. The van der Waals surface area contributed by atoms with Crippen LogP contribution in [0.4, 0.5) is 9.59 Å². The molecule has 3 N–H and O–H groups in total. The molecule has 0 saturated carbocycles. The molecule has 2 amide bonds. The van der Waals surface area contributed by atoms with Gasteiger partial charge in [0.05, 0.1) is 19.7 Å². The van der Waals surface area contributed by atoms with Gasteiger partial charge in [-0.2, -0.15) is 11.1 Å². The van der Waals surface area contributed by atoms with Crippen LogP contribution in [0.3, 0.4) is 0 Å². The molecule has 4 rings (SSSR count). The molecular formula is C25H35ClN2O5Si. The van der Waals surface area contributed by atoms with Crippen LogP contribution in [0.5, 0.6) is 0 Å². The van der Waals surface area contributed by atoms with Gasteiger partial charge in [-0.3, -0.25) is 0 Å². The monoisotopic (exact) mass is 506 g/mol. The summed E-state index contributed by atoms with van der Waals surface area (Å²) in [5.41, 5.74) is 0. The molecule has 2 aromatic carbocycles. The molecular weight excluding hydrogens is 472 g/mol. The number of alkyl carbamates (subject to hydrolysis) is 2. The summed E-state index contributed by atoms with van der Waals surface area (Å²) >= 11 is 7.21. The van der Waals surface area contributed by atoms with Crippen LogP contribution in [-0.2, 0) is 9.47 Å². The molecule has 2 fully saturated rings. The lowest BCUT2D eigenvalue weighted by atomic mass is 10.2. The third-order valence-corrected chi connectivity index (χ3v) is 12.9. The largest absolute Gasteiger partial charge is 0.444 e. The molecule has 0 unspecified atom stereocenters. The number of hydrogen-bond donors (Lipinski definition) is 3. The first-order chi connectivity index (χ1) is 16.1. The summed E-state index contributed by atoms with van der Waals surface area (Å²) in [7, 11) is -2.23. The van der Waals surface area contributed by atoms with Crippen LogP contribution < -0.4 is 21.0 Å². The zero-order valence-corrected chi connectivity index (χ0v) is 22.0. The van der Waals surface area contributed by atoms with E-state index in [1.807, 2.05) is 19.1 Å². The molecule has 9 heteroatoms. The van der Waals surface area contributed by atoms with Crippen LogP contribution in [-0.4, -0.2) is 56.6 Å². The first-order valence-corrected chi connectivity index (χ1v) is 14.4. The fraction of sp³-hybridized carbons (Fsp3) is 0.440. The van der Waals surface area contributed by atoms with Crippen molar-refractivity contribution in [3.05, 3.63) is 60.7 Å². The second-order valence-corrected chi connectivity index (χ2v) is 14.7. The highest BCUT2D eigenvalue weighted by atomic mass is 35.6. The Morgan fingerprint density at radius 1 is 0.882 bits per heavy atom. The van der Waals surface area contributed by atoms with Gasteiger partial charge in [0.25, 0.3) is 0 Å². The Labute approximate surface area is 207 Å². The molecule has 2 heterocycles. The highest BCUT2D eigenvalue weighted by Gasteiger charge is 2.46. The van der Waals surface area contributed by atoms with E-state index in [1.165, 1.54) is 10.4 Å². The molecule has 0 radical (unpaired) electrons. The van der Waals surface area contributed by atoms with E-state index in [1.54, 1.807) is 0 Å². The van der Waals surface area contributed by atoms with E-state index >= 15 is 0 Å². The molecule has 186 valence electrons. The van der Waals surface area contributed by atoms with Gasteiger partial charge in [0.2, 0.25) is 7.38 Å². The lowest BCUT2D eigenvalue weighted by Gasteiger charge is -2.38. The molecule has 0 spiro atoms. The fourth-order valence-electron chi connectivity index (χ4n) is 3.56. The van der Waals surface area contributed by atoms with Gasteiger partial charge in [-0.25, -0.2) is 9.59 Å². The standard InChI is InChI=1S/C16H19ClSi.C5H9NO2.C4H7NO3/c1-16(2,3)18(17,14-10-6-4-7-11-14)15-12-8-5-9-13-15;1-2-4-3-6-5(7)8-4;6-2-3-1-5-4(7)8-3/h4-13H,1-3H3;4H,2-3H2,1H3,(H,6,7);3,6H,1-2H2,(H,5,7)/t;4-;3-/m.10/s1. The lowest BCUT2D eigenvalue weighted by molar-refractivity contribution is 0.0961. The smallest absolute Gasteiger partial charge is 0.407 e. The Morgan fingerprint density at radius 2 is 1.29 bits per heavy atom. The minimum absolute atomic E-state index is 0.0667. The van der Waals surface area contributed by atoms with Crippen molar-refractivity contribution in [1.82, 2.24) is 10.6 Å². The van der Waals surface area contributed by atoms with Crippen molar-refractivity contribution in [1.29, 1.82) is 0 Å². The average molecular weight is 507 g/mol. The predicted octanol–water partition coefficient (Wildman–Crippen LogP) is 3.38. The minimum atomic E-state index is -2.23. The summed E-state index contributed by atoms with van der Waals surface area (Å²) in [6.45, 7) is 9.72. The van der Waals surface area contributed by atoms with E-state index in [4.69, 9.17) is 20.9 Å². The van der Waals surface area contributed by atoms with Gasteiger partial charge in [0.1, 0.15) is 12.2 Å². The Morgan fingerprint density at radius 3 is 1.53 bits per heavy atom. The number of carbonyl (C=O) groups excluding carboxylic acids is 2. The highest BCUT2D eigenvalue weighted by Crippen LogP contribution is 2.38. The minimum Gasteiger partial charge on any atom is -0.444 e. The van der Waals surface area contributed by atoms with Crippen molar-refractivity contribution in [2.24, 2.45) is 0 Å². The van der Waals surface area contributed by atoms with E-state index < -0.39 is 13.5 Å². The van der Waals surface area contributed by atoms with Crippen LogP contribution >= 0.6 is 11.1 Å². The van der Waals surface area contributed by atoms with Crippen molar-refractivity contribution < 1.29 is 24.2 Å². The molecule has 2 aliphatic heterocycles. The predicted molar refractivity (Wildman–Crippen MR) is 137 cm³/mol. The summed E-state index contributed by atoms with van der Waals surface area (Å²) in [6.07, 6.45) is -0.0375. The van der Waals surface area contributed by atoms with Crippen LogP contribution in [0.15, 0.2) is 60.7 Å². The Kier molecular flexibility index (Phi) is 10.4. The number of nitrogens with one attached hydrogen (secondary N) is 2. The van der Waals surface area contributed by atoms with Crippen molar-refractivity contribution >= 4 is 41.0 Å². The third kappa shape index (κ3) is 7.48. The molecule has 2 atom stereocenters. The molecule has 2 aromatic rings. The van der Waals surface area contributed by atoms with Crippen LogP contribution in [0.25, 0.3) is 0 Å². The van der Waals surface area contributed by atoms with E-state index in [9.17, 15) is 9.59 Å². The number of rotatable bonds is 4. The van der Waals surface area contributed by atoms with Crippen molar-refractivity contribution in [2.75, 3.05) is 19.7 Å². The molecule has 2 saturated heterocycles. The highest BCUT2D eigenvalue weighted by molar-refractivity contribution is 7.35. The molecule has 0 aliphatic carbocycles. The lowest BCUT2D eigenvalue weighted by Crippen LogP contribution is -2.59. The number of benzene rings is 2.